The highest BCUT2D eigenvalue weighted by Crippen LogP contribution is 2.39. The number of hydrogen-bond acceptors (Lipinski definition) is 0. The smallest absolute Gasteiger partial charge is 0.0776 e. The maximum absolute atomic E-state index is 2.48. The summed E-state index contributed by atoms with van der Waals surface area (Å²) in [7, 11) is 0. The standard InChI is InChI=1S/C34H22N2/c1-3-11-23(12-4-1)31-22-26-16-10-20-30-34(26)35(31)29-19-8-7-17-27(29)28-18-9-15-25-21-32(36(30)33(25)28)24-13-5-2-6-14-24/h1-22H. The Bertz CT molecular complexity index is 2080. The number of hydrogen-bond donors (Lipinski definition) is 0. The molecule has 8 aromatic rings. The molecule has 5 aromatic carbocycles. The van der Waals surface area contributed by atoms with Gasteiger partial charge in [-0.1, -0.05) is 109 Å². The van der Waals surface area contributed by atoms with Crippen molar-refractivity contribution in [3.63, 3.8) is 0 Å². The second kappa shape index (κ2) is 7.34. The second-order valence-corrected chi connectivity index (χ2v) is 9.44. The van der Waals surface area contributed by atoms with Gasteiger partial charge in [-0.3, -0.25) is 0 Å². The van der Waals surface area contributed by atoms with Crippen molar-refractivity contribution in [2.45, 2.75) is 0 Å². The lowest BCUT2D eigenvalue weighted by molar-refractivity contribution is 1.24. The monoisotopic (exact) mass is 458 g/mol. The summed E-state index contributed by atoms with van der Waals surface area (Å²) >= 11 is 0. The van der Waals surface area contributed by atoms with Crippen LogP contribution in [0.25, 0.3) is 66.1 Å². The average molecular weight is 459 g/mol. The predicted octanol–water partition coefficient (Wildman–Crippen LogP) is 8.99. The van der Waals surface area contributed by atoms with Crippen molar-refractivity contribution >= 4 is 43.6 Å². The summed E-state index contributed by atoms with van der Waals surface area (Å²) in [5, 5.41) is 4.98. The van der Waals surface area contributed by atoms with E-state index in [9.17, 15) is 0 Å². The fourth-order valence-electron chi connectivity index (χ4n) is 5.94. The number of benzene rings is 5. The highest BCUT2D eigenvalue weighted by atomic mass is 15.0. The van der Waals surface area contributed by atoms with Crippen molar-refractivity contribution in [3.8, 4) is 22.5 Å². The molecule has 8 rings (SSSR count). The molecule has 0 bridgehead atoms. The van der Waals surface area contributed by atoms with Crippen LogP contribution >= 0.6 is 0 Å². The van der Waals surface area contributed by atoms with Crippen LogP contribution in [0.4, 0.5) is 0 Å². The molecule has 0 spiro atoms. The lowest BCUT2D eigenvalue weighted by Crippen LogP contribution is -1.96. The molecular weight excluding hydrogens is 436 g/mol. The van der Waals surface area contributed by atoms with Crippen molar-refractivity contribution in [3.05, 3.63) is 133 Å². The molecule has 0 atom stereocenters. The molecule has 0 aliphatic heterocycles. The van der Waals surface area contributed by atoms with Gasteiger partial charge in [-0.15, -0.1) is 0 Å². The molecule has 0 N–H and O–H groups in total. The van der Waals surface area contributed by atoms with E-state index in [0.29, 0.717) is 0 Å². The fraction of sp³-hybridized carbons (Fsp3) is 0. The van der Waals surface area contributed by atoms with Gasteiger partial charge >= 0.3 is 0 Å². The maximum atomic E-state index is 2.48. The maximum Gasteiger partial charge on any atom is 0.0776 e. The minimum absolute atomic E-state index is 1.20. The number of para-hydroxylation sites is 3. The minimum atomic E-state index is 1.20. The van der Waals surface area contributed by atoms with Crippen LogP contribution in [0.3, 0.4) is 0 Å². The van der Waals surface area contributed by atoms with Gasteiger partial charge < -0.3 is 8.80 Å². The van der Waals surface area contributed by atoms with Crippen molar-refractivity contribution in [1.29, 1.82) is 0 Å². The van der Waals surface area contributed by atoms with Crippen molar-refractivity contribution < 1.29 is 0 Å². The van der Waals surface area contributed by atoms with E-state index in [1.165, 1.54) is 66.1 Å². The number of rotatable bonds is 2. The third kappa shape index (κ3) is 2.61. The lowest BCUT2D eigenvalue weighted by Gasteiger charge is -2.13. The Balaban J connectivity index is 1.74. The van der Waals surface area contributed by atoms with E-state index in [0.717, 1.165) is 0 Å². The van der Waals surface area contributed by atoms with Crippen LogP contribution in [0, 0.1) is 0 Å². The third-order valence-corrected chi connectivity index (χ3v) is 7.44. The summed E-state index contributed by atoms with van der Waals surface area (Å²) in [6.45, 7) is 0. The van der Waals surface area contributed by atoms with Crippen LogP contribution in [0.2, 0.25) is 0 Å². The summed E-state index contributed by atoms with van der Waals surface area (Å²) < 4.78 is 4.94. The van der Waals surface area contributed by atoms with Gasteiger partial charge in [0.1, 0.15) is 0 Å². The van der Waals surface area contributed by atoms with Gasteiger partial charge in [0.25, 0.3) is 0 Å². The Labute approximate surface area is 208 Å². The summed E-state index contributed by atoms with van der Waals surface area (Å²) in [5.41, 5.74) is 9.73. The van der Waals surface area contributed by atoms with Crippen LogP contribution in [0.15, 0.2) is 133 Å². The molecule has 168 valence electrons. The number of aromatic nitrogens is 2. The quantitative estimate of drug-likeness (QED) is 0.244. The summed E-state index contributed by atoms with van der Waals surface area (Å²) in [5.74, 6) is 0. The fourth-order valence-corrected chi connectivity index (χ4v) is 5.94. The molecule has 0 fully saturated rings. The first-order valence-electron chi connectivity index (χ1n) is 12.4. The van der Waals surface area contributed by atoms with Gasteiger partial charge in [-0.25, -0.2) is 0 Å². The minimum Gasteiger partial charge on any atom is -0.307 e. The predicted molar refractivity (Wildman–Crippen MR) is 152 cm³/mol. The molecule has 36 heavy (non-hydrogen) atoms. The van der Waals surface area contributed by atoms with E-state index in [4.69, 9.17) is 0 Å². The number of fused-ring (bicyclic) bond motifs is 4. The van der Waals surface area contributed by atoms with E-state index in [-0.39, 0.29) is 0 Å². The zero-order valence-corrected chi connectivity index (χ0v) is 19.6. The summed E-state index contributed by atoms with van der Waals surface area (Å²) in [6.07, 6.45) is 0. The molecule has 0 saturated heterocycles. The second-order valence-electron chi connectivity index (χ2n) is 9.44. The van der Waals surface area contributed by atoms with Crippen LogP contribution in [0.5, 0.6) is 0 Å². The molecule has 2 nitrogen and oxygen atoms in total. The van der Waals surface area contributed by atoms with E-state index in [2.05, 4.69) is 142 Å². The molecule has 0 unspecified atom stereocenters. The van der Waals surface area contributed by atoms with Gasteiger partial charge in [0.15, 0.2) is 0 Å². The lowest BCUT2D eigenvalue weighted by atomic mass is 10.1. The van der Waals surface area contributed by atoms with Crippen LogP contribution < -0.4 is 0 Å². The SMILES string of the molecule is c1ccc(-c2cc3cccc4c5ccccc5n5c(-c6ccccc6)cc6cccc(c65)n2c34)cc1. The van der Waals surface area contributed by atoms with Gasteiger partial charge in [0.05, 0.1) is 33.5 Å². The zero-order valence-electron chi connectivity index (χ0n) is 19.6. The van der Waals surface area contributed by atoms with E-state index in [1.807, 2.05) is 0 Å². The van der Waals surface area contributed by atoms with Crippen molar-refractivity contribution in [2.75, 3.05) is 0 Å². The van der Waals surface area contributed by atoms with Crippen LogP contribution in [-0.2, 0) is 0 Å². The van der Waals surface area contributed by atoms with Gasteiger partial charge in [-0.05, 0) is 35.4 Å². The average Bonchev–Trinajstić information content (AvgIpc) is 3.52. The molecule has 0 saturated carbocycles. The molecule has 3 heterocycles. The van der Waals surface area contributed by atoms with Crippen LogP contribution in [-0.4, -0.2) is 8.80 Å². The highest BCUT2D eigenvalue weighted by molar-refractivity contribution is 6.14. The Kier molecular flexibility index (Phi) is 3.97. The Morgan fingerprint density at radius 2 is 0.861 bits per heavy atom. The van der Waals surface area contributed by atoms with E-state index < -0.39 is 0 Å². The molecule has 0 amide bonds. The first-order valence-corrected chi connectivity index (χ1v) is 12.4. The highest BCUT2D eigenvalue weighted by Gasteiger charge is 2.18. The van der Waals surface area contributed by atoms with Gasteiger partial charge in [-0.2, -0.15) is 0 Å². The molecular formula is C34H22N2. The summed E-state index contributed by atoms with van der Waals surface area (Å²) in [6, 6.07) is 48.3. The van der Waals surface area contributed by atoms with Gasteiger partial charge in [0, 0.05) is 21.5 Å². The van der Waals surface area contributed by atoms with Crippen LogP contribution in [0.1, 0.15) is 0 Å². The van der Waals surface area contributed by atoms with E-state index in [1.54, 1.807) is 0 Å². The number of nitrogens with zero attached hydrogens (tertiary/aromatic N) is 2. The molecule has 2 heteroatoms. The Hall–Kier alpha value is -4.82. The third-order valence-electron chi connectivity index (χ3n) is 7.44. The van der Waals surface area contributed by atoms with Crippen molar-refractivity contribution in [2.24, 2.45) is 0 Å². The zero-order chi connectivity index (χ0) is 23.6. The molecule has 0 aliphatic rings. The van der Waals surface area contributed by atoms with Gasteiger partial charge in [0.2, 0.25) is 0 Å². The summed E-state index contributed by atoms with van der Waals surface area (Å²) in [4.78, 5) is 0. The topological polar surface area (TPSA) is 8.82 Å². The van der Waals surface area contributed by atoms with Crippen molar-refractivity contribution in [1.82, 2.24) is 8.80 Å². The first kappa shape index (κ1) is 19.5. The molecule has 0 aliphatic carbocycles. The Morgan fingerprint density at radius 3 is 1.56 bits per heavy atom. The Morgan fingerprint density at radius 1 is 0.361 bits per heavy atom. The normalized spacial score (nSPS) is 11.9. The first-order chi connectivity index (χ1) is 17.9. The largest absolute Gasteiger partial charge is 0.307 e. The molecule has 0 radical (unpaired) electrons. The van der Waals surface area contributed by atoms with E-state index >= 15 is 0 Å². The molecule has 3 aromatic heterocycles.